The number of aliphatic hydroxyl groups excluding tert-OH is 1. The van der Waals surface area contributed by atoms with Crippen molar-refractivity contribution < 1.29 is 9.90 Å². The number of carbonyl (C=O) groups excluding carboxylic acids is 1. The summed E-state index contributed by atoms with van der Waals surface area (Å²) in [5, 5.41) is 9.32. The molecule has 0 aromatic carbocycles. The standard InChI is InChI=1S/C14H20BrNO2S/c15-13-8-7-12(19-13)5-3-6-14(18)16-9-2-1-4-11(16)10-17/h7-8,11,17H,1-6,9-10H2. The van der Waals surface area contributed by atoms with Crippen molar-refractivity contribution in [2.24, 2.45) is 0 Å². The molecular formula is C14H20BrNO2S. The SMILES string of the molecule is O=C(CCCc1ccc(Br)s1)N1CCCCC1CO. The molecule has 2 heterocycles. The van der Waals surface area contributed by atoms with Crippen molar-refractivity contribution in [3.8, 4) is 0 Å². The summed E-state index contributed by atoms with van der Waals surface area (Å²) < 4.78 is 1.14. The van der Waals surface area contributed by atoms with Crippen LogP contribution in [-0.2, 0) is 11.2 Å². The quantitative estimate of drug-likeness (QED) is 0.889. The van der Waals surface area contributed by atoms with E-state index in [0.717, 1.165) is 42.4 Å². The van der Waals surface area contributed by atoms with Gasteiger partial charge in [-0.25, -0.2) is 0 Å². The van der Waals surface area contributed by atoms with Gasteiger partial charge in [0.1, 0.15) is 0 Å². The molecular weight excluding hydrogens is 326 g/mol. The van der Waals surface area contributed by atoms with Crippen LogP contribution in [0.15, 0.2) is 15.9 Å². The molecule has 1 N–H and O–H groups in total. The van der Waals surface area contributed by atoms with Gasteiger partial charge in [0.2, 0.25) is 5.91 Å². The summed E-state index contributed by atoms with van der Waals surface area (Å²) in [7, 11) is 0. The van der Waals surface area contributed by atoms with Gasteiger partial charge < -0.3 is 10.0 Å². The van der Waals surface area contributed by atoms with Gasteiger partial charge in [-0.1, -0.05) is 0 Å². The lowest BCUT2D eigenvalue weighted by Gasteiger charge is -2.34. The van der Waals surface area contributed by atoms with Gasteiger partial charge in [-0.3, -0.25) is 4.79 Å². The Hall–Kier alpha value is -0.390. The molecule has 1 amide bonds. The maximum atomic E-state index is 12.2. The van der Waals surface area contributed by atoms with Crippen molar-refractivity contribution in [2.45, 2.75) is 44.6 Å². The molecule has 106 valence electrons. The molecule has 1 unspecified atom stereocenters. The van der Waals surface area contributed by atoms with Crippen LogP contribution in [0.25, 0.3) is 0 Å². The van der Waals surface area contributed by atoms with Crippen LogP contribution < -0.4 is 0 Å². The lowest BCUT2D eigenvalue weighted by atomic mass is 10.0. The van der Waals surface area contributed by atoms with Crippen LogP contribution in [-0.4, -0.2) is 35.1 Å². The van der Waals surface area contributed by atoms with E-state index in [9.17, 15) is 9.90 Å². The van der Waals surface area contributed by atoms with Crippen LogP contribution in [0.3, 0.4) is 0 Å². The highest BCUT2D eigenvalue weighted by atomic mass is 79.9. The highest BCUT2D eigenvalue weighted by molar-refractivity contribution is 9.11. The highest BCUT2D eigenvalue weighted by Gasteiger charge is 2.25. The number of carbonyl (C=O) groups is 1. The first-order valence-electron chi connectivity index (χ1n) is 6.85. The molecule has 0 saturated carbocycles. The molecule has 1 saturated heterocycles. The second kappa shape index (κ2) is 7.41. The monoisotopic (exact) mass is 345 g/mol. The van der Waals surface area contributed by atoms with Gasteiger partial charge in [0.05, 0.1) is 16.4 Å². The number of halogens is 1. The Bertz CT molecular complexity index is 421. The Morgan fingerprint density at radius 3 is 3.00 bits per heavy atom. The molecule has 1 aromatic rings. The first-order valence-corrected chi connectivity index (χ1v) is 8.46. The van der Waals surface area contributed by atoms with Gasteiger partial charge in [0.25, 0.3) is 0 Å². The van der Waals surface area contributed by atoms with Crippen molar-refractivity contribution >= 4 is 33.2 Å². The number of nitrogens with zero attached hydrogens (tertiary/aromatic N) is 1. The van der Waals surface area contributed by atoms with E-state index in [0.29, 0.717) is 6.42 Å². The lowest BCUT2D eigenvalue weighted by Crippen LogP contribution is -2.45. The maximum absolute atomic E-state index is 12.2. The van der Waals surface area contributed by atoms with Crippen molar-refractivity contribution in [1.82, 2.24) is 4.90 Å². The molecule has 19 heavy (non-hydrogen) atoms. The minimum atomic E-state index is 0.0529. The zero-order valence-corrected chi connectivity index (χ0v) is 13.4. The van der Waals surface area contributed by atoms with E-state index in [-0.39, 0.29) is 18.6 Å². The van der Waals surface area contributed by atoms with Crippen molar-refractivity contribution in [3.05, 3.63) is 20.8 Å². The van der Waals surface area contributed by atoms with Gasteiger partial charge in [-0.05, 0) is 60.2 Å². The molecule has 1 fully saturated rings. The summed E-state index contributed by atoms with van der Waals surface area (Å²) in [5.41, 5.74) is 0. The van der Waals surface area contributed by atoms with E-state index in [1.54, 1.807) is 11.3 Å². The van der Waals surface area contributed by atoms with E-state index >= 15 is 0 Å². The smallest absolute Gasteiger partial charge is 0.222 e. The molecule has 1 aliphatic heterocycles. The molecule has 2 rings (SSSR count). The van der Waals surface area contributed by atoms with Crippen LogP contribution in [0.1, 0.15) is 37.0 Å². The fraction of sp³-hybridized carbons (Fsp3) is 0.643. The van der Waals surface area contributed by atoms with Crippen LogP contribution in [0, 0.1) is 0 Å². The lowest BCUT2D eigenvalue weighted by molar-refractivity contribution is -0.136. The first kappa shape index (κ1) is 15.0. The molecule has 5 heteroatoms. The summed E-state index contributed by atoms with van der Waals surface area (Å²) in [6, 6.07) is 4.21. The number of likely N-dealkylation sites (tertiary alicyclic amines) is 1. The van der Waals surface area contributed by atoms with E-state index < -0.39 is 0 Å². The third-order valence-corrected chi connectivity index (χ3v) is 5.28. The number of aryl methyl sites for hydroxylation is 1. The molecule has 0 radical (unpaired) electrons. The van der Waals surface area contributed by atoms with Crippen LogP contribution in [0.5, 0.6) is 0 Å². The fourth-order valence-electron chi connectivity index (χ4n) is 2.56. The van der Waals surface area contributed by atoms with Crippen molar-refractivity contribution in [1.29, 1.82) is 0 Å². The normalized spacial score (nSPS) is 19.7. The third kappa shape index (κ3) is 4.29. The molecule has 0 bridgehead atoms. The zero-order valence-electron chi connectivity index (χ0n) is 11.0. The average Bonchev–Trinajstić information content (AvgIpc) is 2.84. The second-order valence-electron chi connectivity index (χ2n) is 4.98. The van der Waals surface area contributed by atoms with Gasteiger partial charge >= 0.3 is 0 Å². The second-order valence-corrected chi connectivity index (χ2v) is 7.53. The Labute approximate surface area is 126 Å². The summed E-state index contributed by atoms with van der Waals surface area (Å²) in [4.78, 5) is 15.4. The Balaban J connectivity index is 1.77. The number of rotatable bonds is 5. The van der Waals surface area contributed by atoms with Crippen molar-refractivity contribution in [2.75, 3.05) is 13.2 Å². The number of amides is 1. The summed E-state index contributed by atoms with van der Waals surface area (Å²) in [5.74, 6) is 0.203. The predicted octanol–water partition coefficient (Wildman–Crippen LogP) is 3.21. The summed E-state index contributed by atoms with van der Waals surface area (Å²) >= 11 is 5.18. The number of aliphatic hydroxyl groups is 1. The van der Waals surface area contributed by atoms with Gasteiger partial charge in [0.15, 0.2) is 0 Å². The Morgan fingerprint density at radius 1 is 1.47 bits per heavy atom. The van der Waals surface area contributed by atoms with E-state index in [1.165, 1.54) is 4.88 Å². The van der Waals surface area contributed by atoms with Gasteiger partial charge in [-0.2, -0.15) is 0 Å². The predicted molar refractivity (Wildman–Crippen MR) is 81.4 cm³/mol. The fourth-order valence-corrected chi connectivity index (χ4v) is 4.09. The van der Waals surface area contributed by atoms with Crippen LogP contribution in [0.2, 0.25) is 0 Å². The molecule has 1 aliphatic rings. The minimum absolute atomic E-state index is 0.0529. The third-order valence-electron chi connectivity index (χ3n) is 3.60. The molecule has 3 nitrogen and oxygen atoms in total. The highest BCUT2D eigenvalue weighted by Crippen LogP contribution is 2.24. The topological polar surface area (TPSA) is 40.5 Å². The van der Waals surface area contributed by atoms with E-state index in [2.05, 4.69) is 22.0 Å². The summed E-state index contributed by atoms with van der Waals surface area (Å²) in [6.45, 7) is 0.915. The van der Waals surface area contributed by atoms with Gasteiger partial charge in [-0.15, -0.1) is 11.3 Å². The van der Waals surface area contributed by atoms with Crippen molar-refractivity contribution in [3.63, 3.8) is 0 Å². The Kier molecular flexibility index (Phi) is 5.85. The molecule has 0 aliphatic carbocycles. The maximum Gasteiger partial charge on any atom is 0.222 e. The molecule has 0 spiro atoms. The number of hydrogen-bond donors (Lipinski definition) is 1. The molecule has 1 aromatic heterocycles. The van der Waals surface area contributed by atoms with Gasteiger partial charge in [0, 0.05) is 17.8 Å². The van der Waals surface area contributed by atoms with Crippen LogP contribution in [0.4, 0.5) is 0 Å². The first-order chi connectivity index (χ1) is 9.20. The Morgan fingerprint density at radius 2 is 2.32 bits per heavy atom. The minimum Gasteiger partial charge on any atom is -0.394 e. The number of hydrogen-bond acceptors (Lipinski definition) is 3. The number of piperidine rings is 1. The van der Waals surface area contributed by atoms with E-state index in [4.69, 9.17) is 0 Å². The van der Waals surface area contributed by atoms with E-state index in [1.807, 2.05) is 11.0 Å². The zero-order chi connectivity index (χ0) is 13.7. The van der Waals surface area contributed by atoms with Crippen LogP contribution >= 0.6 is 27.3 Å². The average molecular weight is 346 g/mol. The number of thiophene rings is 1. The molecule has 1 atom stereocenters. The largest absolute Gasteiger partial charge is 0.394 e. The summed E-state index contributed by atoms with van der Waals surface area (Å²) in [6.07, 6.45) is 5.57.